The summed E-state index contributed by atoms with van der Waals surface area (Å²) >= 11 is 0. The topological polar surface area (TPSA) is 3.24 Å². The van der Waals surface area contributed by atoms with Crippen LogP contribution in [0.1, 0.15) is 33.3 Å². The Balaban J connectivity index is 2.90. The van der Waals surface area contributed by atoms with E-state index in [4.69, 9.17) is 0 Å². The molecule has 1 rings (SSSR count). The average Bonchev–Trinajstić information content (AvgIpc) is 2.25. The summed E-state index contributed by atoms with van der Waals surface area (Å²) in [5, 5.41) is 0. The first-order chi connectivity index (χ1) is 7.19. The Hall–Kier alpha value is -0.980. The van der Waals surface area contributed by atoms with Crippen LogP contribution in [0.4, 0.5) is 5.69 Å². The number of anilines is 1. The Morgan fingerprint density at radius 2 is 1.80 bits per heavy atom. The summed E-state index contributed by atoms with van der Waals surface area (Å²) in [6.07, 6.45) is 1.12. The molecule has 1 aromatic carbocycles. The standard InChI is InChI=1S/C14H23N/c1-5-13-9-7-8-10-14(13)15(6-2)11-12(3)4/h7-10,12H,5-6,11H2,1-4H3. The molecule has 0 aromatic heterocycles. The molecule has 1 nitrogen and oxygen atoms in total. The molecular formula is C14H23N. The van der Waals surface area contributed by atoms with E-state index in [1.165, 1.54) is 11.3 Å². The first-order valence-electron chi connectivity index (χ1n) is 6.01. The Morgan fingerprint density at radius 3 is 2.33 bits per heavy atom. The van der Waals surface area contributed by atoms with Gasteiger partial charge in [-0.05, 0) is 30.9 Å². The van der Waals surface area contributed by atoms with Crippen LogP contribution in [0.3, 0.4) is 0 Å². The van der Waals surface area contributed by atoms with Crippen LogP contribution in [-0.2, 0) is 6.42 Å². The normalized spacial score (nSPS) is 10.7. The van der Waals surface area contributed by atoms with Crippen LogP contribution >= 0.6 is 0 Å². The fourth-order valence-electron chi connectivity index (χ4n) is 1.96. The number of nitrogens with zero attached hydrogens (tertiary/aromatic N) is 1. The second-order valence-corrected chi connectivity index (χ2v) is 4.41. The summed E-state index contributed by atoms with van der Waals surface area (Å²) in [7, 11) is 0. The Labute approximate surface area is 94.1 Å². The van der Waals surface area contributed by atoms with Gasteiger partial charge in [0.15, 0.2) is 0 Å². The molecule has 15 heavy (non-hydrogen) atoms. The summed E-state index contributed by atoms with van der Waals surface area (Å²) in [5.41, 5.74) is 2.87. The summed E-state index contributed by atoms with van der Waals surface area (Å²) in [5.74, 6) is 0.717. The van der Waals surface area contributed by atoms with Gasteiger partial charge in [0.1, 0.15) is 0 Å². The Morgan fingerprint density at radius 1 is 1.13 bits per heavy atom. The van der Waals surface area contributed by atoms with Crippen molar-refractivity contribution in [2.45, 2.75) is 34.1 Å². The third-order valence-corrected chi connectivity index (χ3v) is 2.68. The van der Waals surface area contributed by atoms with Crippen molar-refractivity contribution >= 4 is 5.69 Å². The summed E-state index contributed by atoms with van der Waals surface area (Å²) in [4.78, 5) is 2.48. The molecule has 1 aromatic rings. The Kier molecular flexibility index (Phi) is 4.67. The highest BCUT2D eigenvalue weighted by Gasteiger charge is 2.09. The van der Waals surface area contributed by atoms with Crippen LogP contribution in [0.25, 0.3) is 0 Å². The number of rotatable bonds is 5. The molecule has 84 valence electrons. The number of hydrogen-bond donors (Lipinski definition) is 0. The molecule has 0 amide bonds. The molecule has 0 aliphatic carbocycles. The molecule has 0 spiro atoms. The molecule has 0 N–H and O–H groups in total. The highest BCUT2D eigenvalue weighted by molar-refractivity contribution is 5.53. The molecule has 0 aliphatic heterocycles. The first-order valence-corrected chi connectivity index (χ1v) is 6.01. The maximum Gasteiger partial charge on any atom is 0.0398 e. The molecule has 1 heteroatoms. The van der Waals surface area contributed by atoms with Crippen molar-refractivity contribution in [1.29, 1.82) is 0 Å². The van der Waals surface area contributed by atoms with E-state index in [1.807, 2.05) is 0 Å². The predicted octanol–water partition coefficient (Wildman–Crippen LogP) is 3.73. The van der Waals surface area contributed by atoms with Crippen LogP contribution in [0, 0.1) is 5.92 Å². The van der Waals surface area contributed by atoms with Gasteiger partial charge in [-0.3, -0.25) is 0 Å². The van der Waals surface area contributed by atoms with Crippen molar-refractivity contribution in [2.24, 2.45) is 5.92 Å². The highest BCUT2D eigenvalue weighted by Crippen LogP contribution is 2.21. The van der Waals surface area contributed by atoms with Crippen molar-refractivity contribution < 1.29 is 0 Å². The zero-order valence-corrected chi connectivity index (χ0v) is 10.5. The van der Waals surface area contributed by atoms with Gasteiger partial charge in [-0.15, -0.1) is 0 Å². The first kappa shape index (κ1) is 12.1. The zero-order valence-electron chi connectivity index (χ0n) is 10.5. The molecule has 0 radical (unpaired) electrons. The molecular weight excluding hydrogens is 182 g/mol. The third kappa shape index (κ3) is 3.26. The number of para-hydroxylation sites is 1. The van der Waals surface area contributed by atoms with Gasteiger partial charge in [-0.2, -0.15) is 0 Å². The second kappa shape index (κ2) is 5.79. The van der Waals surface area contributed by atoms with Gasteiger partial charge in [0.05, 0.1) is 0 Å². The molecule has 0 unspecified atom stereocenters. The quantitative estimate of drug-likeness (QED) is 0.708. The molecule has 0 saturated carbocycles. The lowest BCUT2D eigenvalue weighted by molar-refractivity contribution is 0.617. The largest absolute Gasteiger partial charge is 0.371 e. The lowest BCUT2D eigenvalue weighted by atomic mass is 10.1. The van der Waals surface area contributed by atoms with E-state index >= 15 is 0 Å². The summed E-state index contributed by atoms with van der Waals surface area (Å²) in [6.45, 7) is 11.2. The van der Waals surface area contributed by atoms with Crippen LogP contribution in [0.15, 0.2) is 24.3 Å². The van der Waals surface area contributed by atoms with Gasteiger partial charge in [0.2, 0.25) is 0 Å². The van der Waals surface area contributed by atoms with Gasteiger partial charge in [0.25, 0.3) is 0 Å². The van der Waals surface area contributed by atoms with Gasteiger partial charge >= 0.3 is 0 Å². The zero-order chi connectivity index (χ0) is 11.3. The number of hydrogen-bond acceptors (Lipinski definition) is 1. The van der Waals surface area contributed by atoms with Crippen molar-refractivity contribution in [2.75, 3.05) is 18.0 Å². The SMILES string of the molecule is CCc1ccccc1N(CC)CC(C)C. The maximum absolute atomic E-state index is 2.48. The van der Waals surface area contributed by atoms with E-state index in [0.29, 0.717) is 0 Å². The van der Waals surface area contributed by atoms with E-state index in [9.17, 15) is 0 Å². The van der Waals surface area contributed by atoms with Crippen LogP contribution in [0.5, 0.6) is 0 Å². The number of benzene rings is 1. The number of aryl methyl sites for hydroxylation is 1. The summed E-state index contributed by atoms with van der Waals surface area (Å²) in [6, 6.07) is 8.74. The average molecular weight is 205 g/mol. The minimum Gasteiger partial charge on any atom is -0.371 e. The van der Waals surface area contributed by atoms with Gasteiger partial charge in [-0.25, -0.2) is 0 Å². The van der Waals surface area contributed by atoms with Crippen LogP contribution < -0.4 is 4.90 Å². The van der Waals surface area contributed by atoms with Crippen molar-refractivity contribution in [3.8, 4) is 0 Å². The van der Waals surface area contributed by atoms with E-state index in [-0.39, 0.29) is 0 Å². The van der Waals surface area contributed by atoms with Crippen LogP contribution in [0.2, 0.25) is 0 Å². The van der Waals surface area contributed by atoms with Gasteiger partial charge < -0.3 is 4.90 Å². The minimum atomic E-state index is 0.717. The van der Waals surface area contributed by atoms with E-state index in [0.717, 1.165) is 25.4 Å². The van der Waals surface area contributed by atoms with Crippen molar-refractivity contribution in [3.63, 3.8) is 0 Å². The van der Waals surface area contributed by atoms with E-state index < -0.39 is 0 Å². The van der Waals surface area contributed by atoms with E-state index in [2.05, 4.69) is 56.9 Å². The van der Waals surface area contributed by atoms with Crippen molar-refractivity contribution in [1.82, 2.24) is 0 Å². The molecule has 0 atom stereocenters. The maximum atomic E-state index is 2.48. The third-order valence-electron chi connectivity index (χ3n) is 2.68. The second-order valence-electron chi connectivity index (χ2n) is 4.41. The van der Waals surface area contributed by atoms with Crippen molar-refractivity contribution in [3.05, 3.63) is 29.8 Å². The lowest BCUT2D eigenvalue weighted by Crippen LogP contribution is -2.28. The Bertz CT molecular complexity index is 291. The van der Waals surface area contributed by atoms with Gasteiger partial charge in [0, 0.05) is 18.8 Å². The molecule has 0 bridgehead atoms. The van der Waals surface area contributed by atoms with Gasteiger partial charge in [-0.1, -0.05) is 39.0 Å². The predicted molar refractivity (Wildman–Crippen MR) is 68.5 cm³/mol. The molecule has 0 heterocycles. The molecule has 0 fully saturated rings. The fourth-order valence-corrected chi connectivity index (χ4v) is 1.96. The van der Waals surface area contributed by atoms with Crippen LogP contribution in [-0.4, -0.2) is 13.1 Å². The highest BCUT2D eigenvalue weighted by atomic mass is 15.1. The smallest absolute Gasteiger partial charge is 0.0398 e. The monoisotopic (exact) mass is 205 g/mol. The lowest BCUT2D eigenvalue weighted by Gasteiger charge is -2.27. The van der Waals surface area contributed by atoms with E-state index in [1.54, 1.807) is 0 Å². The fraction of sp³-hybridized carbons (Fsp3) is 0.571. The molecule has 0 aliphatic rings. The summed E-state index contributed by atoms with van der Waals surface area (Å²) < 4.78 is 0. The molecule has 0 saturated heterocycles. The minimum absolute atomic E-state index is 0.717.